The minimum Gasteiger partial charge on any atom is -0.368 e. The van der Waals surface area contributed by atoms with Crippen molar-refractivity contribution in [1.82, 2.24) is 0 Å². The van der Waals surface area contributed by atoms with Crippen molar-refractivity contribution in [3.05, 3.63) is 0 Å². The summed E-state index contributed by atoms with van der Waals surface area (Å²) in [7, 11) is 0. The molecule has 0 amide bonds. The first-order chi connectivity index (χ1) is 5.02. The summed E-state index contributed by atoms with van der Waals surface area (Å²) < 4.78 is 0. The molecule has 0 aliphatic carbocycles. The normalized spacial score (nSPS) is 20.1. The van der Waals surface area contributed by atoms with Crippen LogP contribution in [-0.2, 0) is 0 Å². The van der Waals surface area contributed by atoms with Crippen molar-refractivity contribution in [3.63, 3.8) is 0 Å². The molecule has 0 bridgehead atoms. The van der Waals surface area contributed by atoms with E-state index in [1.54, 1.807) is 6.92 Å². The van der Waals surface area contributed by atoms with Gasteiger partial charge in [-0.3, -0.25) is 0 Å². The maximum absolute atomic E-state index is 9.41. The van der Waals surface area contributed by atoms with Crippen LogP contribution in [0.5, 0.6) is 0 Å². The first-order valence-electron chi connectivity index (χ1n) is 4.16. The van der Waals surface area contributed by atoms with Gasteiger partial charge in [0.1, 0.15) is 0 Å². The molecule has 0 aliphatic rings. The fraction of sp³-hybridized carbons (Fsp3) is 1.00. The van der Waals surface area contributed by atoms with Crippen molar-refractivity contribution >= 4 is 0 Å². The average molecular weight is 158 g/mol. The minimum atomic E-state index is -0.969. The molecule has 0 rings (SSSR count). The van der Waals surface area contributed by atoms with E-state index in [0.29, 0.717) is 6.42 Å². The van der Waals surface area contributed by atoms with Gasteiger partial charge >= 0.3 is 0 Å². The van der Waals surface area contributed by atoms with E-state index in [1.807, 2.05) is 20.8 Å². The summed E-state index contributed by atoms with van der Waals surface area (Å²) in [5, 5.41) is 17.2. The van der Waals surface area contributed by atoms with Gasteiger partial charge in [0.15, 0.2) is 5.72 Å². The third-order valence-corrected chi connectivity index (χ3v) is 1.73. The molecule has 0 spiro atoms. The zero-order chi connectivity index (χ0) is 8.91. The first-order valence-corrected chi connectivity index (χ1v) is 4.16. The second kappa shape index (κ2) is 4.44. The number of rotatable bonds is 4. The summed E-state index contributed by atoms with van der Waals surface area (Å²) in [4.78, 5) is 0. The summed E-state index contributed by atoms with van der Waals surface area (Å²) in [5.41, 5.74) is -0.969. The van der Waals surface area contributed by atoms with Gasteiger partial charge in [-0.25, -0.2) is 0 Å². The average Bonchev–Trinajstić information content (AvgIpc) is 2.00. The number of nitrogens with zero attached hydrogens (tertiary/aromatic N) is 2. The highest BCUT2D eigenvalue weighted by Gasteiger charge is 2.15. The maximum atomic E-state index is 9.41. The Morgan fingerprint density at radius 1 is 1.45 bits per heavy atom. The number of azo groups is 1. The molecule has 11 heavy (non-hydrogen) atoms. The van der Waals surface area contributed by atoms with E-state index in [0.717, 1.165) is 6.42 Å². The predicted molar refractivity (Wildman–Crippen MR) is 45.5 cm³/mol. The Morgan fingerprint density at radius 3 is 2.36 bits per heavy atom. The van der Waals surface area contributed by atoms with Crippen molar-refractivity contribution < 1.29 is 5.11 Å². The standard InChI is InChI=1S/C8H18N2O/c1-5-7(3)9-10-8(4,11)6-2/h7,11H,5-6H2,1-4H3. The summed E-state index contributed by atoms with van der Waals surface area (Å²) in [6, 6.07) is 0.216. The molecule has 3 heteroatoms. The topological polar surface area (TPSA) is 45.0 Å². The van der Waals surface area contributed by atoms with Gasteiger partial charge < -0.3 is 5.11 Å². The predicted octanol–water partition coefficient (Wildman–Crippen LogP) is 2.36. The molecule has 0 saturated heterocycles. The quantitative estimate of drug-likeness (QED) is 0.627. The molecule has 3 nitrogen and oxygen atoms in total. The van der Waals surface area contributed by atoms with Crippen molar-refractivity contribution in [2.45, 2.75) is 52.3 Å². The molecule has 1 N–H and O–H groups in total. The van der Waals surface area contributed by atoms with Crippen molar-refractivity contribution in [3.8, 4) is 0 Å². The molecule has 2 atom stereocenters. The van der Waals surface area contributed by atoms with Gasteiger partial charge in [0.05, 0.1) is 6.04 Å². The van der Waals surface area contributed by atoms with Gasteiger partial charge in [-0.15, -0.1) is 0 Å². The highest BCUT2D eigenvalue weighted by Crippen LogP contribution is 2.11. The number of hydrogen-bond acceptors (Lipinski definition) is 3. The molecular formula is C8H18N2O. The maximum Gasteiger partial charge on any atom is 0.172 e. The first kappa shape index (κ1) is 10.6. The molecule has 0 saturated carbocycles. The molecule has 0 aromatic carbocycles. The van der Waals surface area contributed by atoms with Crippen LogP contribution in [0.4, 0.5) is 0 Å². The van der Waals surface area contributed by atoms with Crippen LogP contribution < -0.4 is 0 Å². The minimum absolute atomic E-state index is 0.216. The van der Waals surface area contributed by atoms with E-state index in [4.69, 9.17) is 0 Å². The van der Waals surface area contributed by atoms with Gasteiger partial charge in [0, 0.05) is 0 Å². The van der Waals surface area contributed by atoms with E-state index < -0.39 is 5.72 Å². The molecule has 0 radical (unpaired) electrons. The fourth-order valence-corrected chi connectivity index (χ4v) is 0.375. The van der Waals surface area contributed by atoms with Gasteiger partial charge in [0.25, 0.3) is 0 Å². The van der Waals surface area contributed by atoms with E-state index in [2.05, 4.69) is 10.2 Å². The monoisotopic (exact) mass is 158 g/mol. The van der Waals surface area contributed by atoms with Crippen LogP contribution >= 0.6 is 0 Å². The van der Waals surface area contributed by atoms with Crippen LogP contribution in [0.15, 0.2) is 10.2 Å². The Hall–Kier alpha value is -0.440. The lowest BCUT2D eigenvalue weighted by Crippen LogP contribution is -2.18. The van der Waals surface area contributed by atoms with Crippen LogP contribution in [0.1, 0.15) is 40.5 Å². The highest BCUT2D eigenvalue weighted by molar-refractivity contribution is 4.65. The van der Waals surface area contributed by atoms with E-state index in [-0.39, 0.29) is 6.04 Å². The lowest BCUT2D eigenvalue weighted by atomic mass is 10.2. The summed E-state index contributed by atoms with van der Waals surface area (Å²) in [6.07, 6.45) is 1.57. The zero-order valence-electron chi connectivity index (χ0n) is 7.83. The van der Waals surface area contributed by atoms with Gasteiger partial charge in [0.2, 0.25) is 0 Å². The third-order valence-electron chi connectivity index (χ3n) is 1.73. The zero-order valence-corrected chi connectivity index (χ0v) is 7.83. The molecule has 0 heterocycles. The van der Waals surface area contributed by atoms with Gasteiger partial charge in [-0.05, 0) is 26.7 Å². The van der Waals surface area contributed by atoms with Crippen LogP contribution in [0, 0.1) is 0 Å². The van der Waals surface area contributed by atoms with E-state index in [9.17, 15) is 5.11 Å². The summed E-state index contributed by atoms with van der Waals surface area (Å²) in [6.45, 7) is 7.58. The van der Waals surface area contributed by atoms with Crippen molar-refractivity contribution in [1.29, 1.82) is 0 Å². The van der Waals surface area contributed by atoms with E-state index >= 15 is 0 Å². The Balaban J connectivity index is 3.90. The molecular weight excluding hydrogens is 140 g/mol. The SMILES string of the molecule is CCC(C)N=NC(C)(O)CC. The van der Waals surface area contributed by atoms with Gasteiger partial charge in [-0.2, -0.15) is 10.2 Å². The van der Waals surface area contributed by atoms with Gasteiger partial charge in [-0.1, -0.05) is 13.8 Å². The van der Waals surface area contributed by atoms with Crippen LogP contribution in [-0.4, -0.2) is 16.9 Å². The van der Waals surface area contributed by atoms with Crippen molar-refractivity contribution in [2.75, 3.05) is 0 Å². The highest BCUT2D eigenvalue weighted by atomic mass is 16.3. The Labute approximate surface area is 68.5 Å². The molecule has 66 valence electrons. The third kappa shape index (κ3) is 4.90. The number of hydrogen-bond donors (Lipinski definition) is 1. The Morgan fingerprint density at radius 2 is 2.00 bits per heavy atom. The molecule has 0 aromatic heterocycles. The van der Waals surface area contributed by atoms with Crippen molar-refractivity contribution in [2.24, 2.45) is 10.2 Å². The largest absolute Gasteiger partial charge is 0.368 e. The lowest BCUT2D eigenvalue weighted by Gasteiger charge is -2.14. The van der Waals surface area contributed by atoms with Crippen LogP contribution in [0.3, 0.4) is 0 Å². The summed E-state index contributed by atoms with van der Waals surface area (Å²) >= 11 is 0. The van der Waals surface area contributed by atoms with Crippen LogP contribution in [0.2, 0.25) is 0 Å². The van der Waals surface area contributed by atoms with E-state index in [1.165, 1.54) is 0 Å². The Kier molecular flexibility index (Phi) is 4.26. The lowest BCUT2D eigenvalue weighted by molar-refractivity contribution is 0.0561. The smallest absolute Gasteiger partial charge is 0.172 e. The Bertz CT molecular complexity index is 132. The molecule has 0 fully saturated rings. The second-order valence-electron chi connectivity index (χ2n) is 3.04. The second-order valence-corrected chi connectivity index (χ2v) is 3.04. The molecule has 0 aliphatic heterocycles. The molecule has 2 unspecified atom stereocenters. The summed E-state index contributed by atoms with van der Waals surface area (Å²) in [5.74, 6) is 0. The fourth-order valence-electron chi connectivity index (χ4n) is 0.375. The van der Waals surface area contributed by atoms with Crippen LogP contribution in [0.25, 0.3) is 0 Å². The molecule has 0 aromatic rings. The number of aliphatic hydroxyl groups is 1.